The molecule has 0 aromatic heterocycles. The number of rotatable bonds is 9. The Labute approximate surface area is 183 Å². The van der Waals surface area contributed by atoms with Gasteiger partial charge in [-0.3, -0.25) is 19.3 Å². The number of benzene rings is 1. The third-order valence-electron chi connectivity index (χ3n) is 6.58. The van der Waals surface area contributed by atoms with Gasteiger partial charge < -0.3 is 10.6 Å². The lowest BCUT2D eigenvalue weighted by Crippen LogP contribution is -2.49. The van der Waals surface area contributed by atoms with E-state index in [2.05, 4.69) is 24.5 Å². The first-order valence-electron chi connectivity index (χ1n) is 11.5. The molecule has 7 nitrogen and oxygen atoms in total. The maximum Gasteiger partial charge on any atom is 0.325 e. The fraction of sp³-hybridized carbons (Fsp3) is 0.583. The van der Waals surface area contributed by atoms with E-state index in [0.29, 0.717) is 36.4 Å². The quantitative estimate of drug-likeness (QED) is 0.349. The molecule has 0 bridgehead atoms. The van der Waals surface area contributed by atoms with Crippen molar-refractivity contribution >= 4 is 29.3 Å². The van der Waals surface area contributed by atoms with Crippen molar-refractivity contribution in [3.05, 3.63) is 29.8 Å². The molecule has 31 heavy (non-hydrogen) atoms. The van der Waals surface area contributed by atoms with Crippen molar-refractivity contribution in [1.29, 1.82) is 0 Å². The minimum absolute atomic E-state index is 0.0463. The van der Waals surface area contributed by atoms with Crippen molar-refractivity contribution in [2.75, 3.05) is 11.9 Å². The Morgan fingerprint density at radius 1 is 1.10 bits per heavy atom. The highest BCUT2D eigenvalue weighted by atomic mass is 16.2. The Morgan fingerprint density at radius 2 is 1.77 bits per heavy atom. The number of hydrogen-bond donors (Lipinski definition) is 2. The number of carbonyl (C=O) groups is 4. The molecule has 1 aromatic carbocycles. The van der Waals surface area contributed by atoms with E-state index in [1.165, 1.54) is 0 Å². The molecule has 7 heteroatoms. The van der Waals surface area contributed by atoms with E-state index in [9.17, 15) is 19.2 Å². The van der Waals surface area contributed by atoms with Gasteiger partial charge in [0.2, 0.25) is 5.91 Å². The summed E-state index contributed by atoms with van der Waals surface area (Å²) >= 11 is 0. The first-order valence-corrected chi connectivity index (χ1v) is 11.5. The maximum atomic E-state index is 13.0. The molecule has 2 fully saturated rings. The lowest BCUT2D eigenvalue weighted by molar-refractivity contribution is -0.132. The average Bonchev–Trinajstić information content (AvgIpc) is 2.99. The summed E-state index contributed by atoms with van der Waals surface area (Å²) in [6.07, 6.45) is 7.57. The van der Waals surface area contributed by atoms with E-state index in [0.717, 1.165) is 43.4 Å². The molecule has 1 saturated carbocycles. The highest BCUT2D eigenvalue weighted by Crippen LogP contribution is 2.37. The smallest absolute Gasteiger partial charge is 0.325 e. The second-order valence-corrected chi connectivity index (χ2v) is 8.76. The molecule has 1 heterocycles. The Morgan fingerprint density at radius 3 is 2.39 bits per heavy atom. The molecule has 1 aromatic rings. The van der Waals surface area contributed by atoms with Crippen molar-refractivity contribution < 1.29 is 19.2 Å². The van der Waals surface area contributed by atoms with Crippen LogP contribution in [0.2, 0.25) is 0 Å². The number of hydrogen-bond acceptors (Lipinski definition) is 4. The third kappa shape index (κ3) is 5.32. The van der Waals surface area contributed by atoms with E-state index in [1.54, 1.807) is 24.3 Å². The predicted molar refractivity (Wildman–Crippen MR) is 119 cm³/mol. The van der Waals surface area contributed by atoms with Crippen molar-refractivity contribution in [3.63, 3.8) is 0 Å². The second-order valence-electron chi connectivity index (χ2n) is 8.76. The molecule has 1 aliphatic heterocycles. The average molecular weight is 428 g/mol. The van der Waals surface area contributed by atoms with E-state index >= 15 is 0 Å². The largest absolute Gasteiger partial charge is 0.326 e. The topological polar surface area (TPSA) is 95.6 Å². The Bertz CT molecular complexity index is 826. The minimum atomic E-state index is -0.838. The van der Waals surface area contributed by atoms with Crippen LogP contribution in [0.3, 0.4) is 0 Å². The van der Waals surface area contributed by atoms with Crippen LogP contribution >= 0.6 is 0 Å². The van der Waals surface area contributed by atoms with Gasteiger partial charge in [0.15, 0.2) is 5.78 Å². The summed E-state index contributed by atoms with van der Waals surface area (Å²) in [5, 5.41) is 5.68. The maximum absolute atomic E-state index is 13.0. The highest BCUT2D eigenvalue weighted by molar-refractivity contribution is 6.11. The first-order chi connectivity index (χ1) is 14.9. The summed E-state index contributed by atoms with van der Waals surface area (Å²) in [5.74, 6) is -0.0356. The fourth-order valence-corrected chi connectivity index (χ4v) is 4.47. The predicted octanol–water partition coefficient (Wildman–Crippen LogP) is 4.28. The SMILES string of the molecule is CCCCCC(=O)Nc1ccc(C(=O)CN2C(=O)NC3(CCC(CC)CC3)C2=O)cc1. The number of ketones is 1. The number of unbranched alkanes of at least 4 members (excludes halogenated alkanes) is 2. The van der Waals surface area contributed by atoms with Crippen LogP contribution < -0.4 is 10.6 Å². The zero-order chi connectivity index (χ0) is 22.4. The van der Waals surface area contributed by atoms with Crippen LogP contribution in [0.15, 0.2) is 24.3 Å². The molecular weight excluding hydrogens is 394 g/mol. The summed E-state index contributed by atoms with van der Waals surface area (Å²) in [4.78, 5) is 51.1. The highest BCUT2D eigenvalue weighted by Gasteiger charge is 2.52. The van der Waals surface area contributed by atoms with Gasteiger partial charge in [-0.1, -0.05) is 33.1 Å². The summed E-state index contributed by atoms with van der Waals surface area (Å²) in [6, 6.07) is 6.09. The Balaban J connectivity index is 1.57. The van der Waals surface area contributed by atoms with Gasteiger partial charge in [0, 0.05) is 17.7 Å². The van der Waals surface area contributed by atoms with Gasteiger partial charge >= 0.3 is 6.03 Å². The second kappa shape index (κ2) is 10.1. The van der Waals surface area contributed by atoms with E-state index in [1.807, 2.05) is 0 Å². The summed E-state index contributed by atoms with van der Waals surface area (Å²) in [5.41, 5.74) is 0.189. The molecule has 1 spiro atoms. The number of amides is 4. The molecule has 168 valence electrons. The summed E-state index contributed by atoms with van der Waals surface area (Å²) in [7, 11) is 0. The molecule has 4 amide bonds. The standard InChI is InChI=1S/C24H33N3O4/c1-3-5-6-7-21(29)25-19-10-8-18(9-11-19)20(28)16-27-22(30)24(26-23(27)31)14-12-17(4-2)13-15-24/h8-11,17H,3-7,12-16H2,1-2H3,(H,25,29)(H,26,31). The Kier molecular flexibility index (Phi) is 7.46. The lowest BCUT2D eigenvalue weighted by atomic mass is 9.75. The zero-order valence-corrected chi connectivity index (χ0v) is 18.5. The van der Waals surface area contributed by atoms with Gasteiger partial charge in [0.25, 0.3) is 5.91 Å². The number of imide groups is 1. The van der Waals surface area contributed by atoms with Crippen LogP contribution in [0.25, 0.3) is 0 Å². The molecule has 1 saturated heterocycles. The van der Waals surface area contributed by atoms with Crippen molar-refractivity contribution in [3.8, 4) is 0 Å². The summed E-state index contributed by atoms with van der Waals surface area (Å²) in [6.45, 7) is 3.96. The van der Waals surface area contributed by atoms with Crippen LogP contribution in [0, 0.1) is 5.92 Å². The number of carbonyl (C=O) groups excluding carboxylic acids is 4. The van der Waals surface area contributed by atoms with Crippen LogP contribution in [0.1, 0.15) is 82.0 Å². The number of urea groups is 1. The van der Waals surface area contributed by atoms with Crippen molar-refractivity contribution in [1.82, 2.24) is 10.2 Å². The first kappa shape index (κ1) is 23.0. The van der Waals surface area contributed by atoms with Crippen molar-refractivity contribution in [2.45, 2.75) is 77.2 Å². The molecule has 0 radical (unpaired) electrons. The Hall–Kier alpha value is -2.70. The molecule has 2 N–H and O–H groups in total. The lowest BCUT2D eigenvalue weighted by Gasteiger charge is -2.34. The van der Waals surface area contributed by atoms with Gasteiger partial charge in [-0.2, -0.15) is 0 Å². The number of anilines is 1. The van der Waals surface area contributed by atoms with Crippen LogP contribution in [-0.2, 0) is 9.59 Å². The van der Waals surface area contributed by atoms with Gasteiger partial charge in [-0.15, -0.1) is 0 Å². The molecule has 0 unspecified atom stereocenters. The van der Waals surface area contributed by atoms with Gasteiger partial charge in [-0.25, -0.2) is 4.79 Å². The number of nitrogens with one attached hydrogen (secondary N) is 2. The molecule has 1 aliphatic carbocycles. The van der Waals surface area contributed by atoms with Crippen LogP contribution in [0.4, 0.5) is 10.5 Å². The molecular formula is C24H33N3O4. The molecule has 0 atom stereocenters. The summed E-state index contributed by atoms with van der Waals surface area (Å²) < 4.78 is 0. The van der Waals surface area contributed by atoms with Gasteiger partial charge in [-0.05, 0) is 62.3 Å². The minimum Gasteiger partial charge on any atom is -0.326 e. The molecule has 3 rings (SSSR count). The van der Waals surface area contributed by atoms with Crippen molar-refractivity contribution in [2.24, 2.45) is 5.92 Å². The van der Waals surface area contributed by atoms with Gasteiger partial charge in [0.05, 0.1) is 6.54 Å². The fourth-order valence-electron chi connectivity index (χ4n) is 4.47. The number of nitrogens with zero attached hydrogens (tertiary/aromatic N) is 1. The van der Waals surface area contributed by atoms with E-state index in [-0.39, 0.29) is 24.1 Å². The van der Waals surface area contributed by atoms with E-state index < -0.39 is 11.6 Å². The number of Topliss-reactive ketones (excluding diaryl/α,β-unsaturated/α-hetero) is 1. The van der Waals surface area contributed by atoms with Crippen LogP contribution in [0.5, 0.6) is 0 Å². The normalized spacial score (nSPS) is 23.2. The van der Waals surface area contributed by atoms with E-state index in [4.69, 9.17) is 0 Å². The van der Waals surface area contributed by atoms with Gasteiger partial charge in [0.1, 0.15) is 5.54 Å². The zero-order valence-electron chi connectivity index (χ0n) is 18.5. The third-order valence-corrected chi connectivity index (χ3v) is 6.58. The monoisotopic (exact) mass is 427 g/mol. The van der Waals surface area contributed by atoms with Crippen LogP contribution in [-0.4, -0.2) is 40.6 Å². The molecule has 2 aliphatic rings.